The second kappa shape index (κ2) is 19.0. The maximum Gasteiger partial charge on any atom is 0.327 e. The van der Waals surface area contributed by atoms with Gasteiger partial charge in [-0.3, -0.25) is 19.2 Å². The first-order chi connectivity index (χ1) is 27.6. The molecule has 2 heterocycles. The van der Waals surface area contributed by atoms with Crippen LogP contribution < -0.4 is 27.0 Å². The molecule has 2 aromatic heterocycles. The molecule has 5 atom stereocenters. The molecule has 0 unspecified atom stereocenters. The lowest BCUT2D eigenvalue weighted by Crippen LogP contribution is -2.59. The normalized spacial score (nSPS) is 13.9. The van der Waals surface area contributed by atoms with Gasteiger partial charge in [-0.1, -0.05) is 97.1 Å². The molecule has 0 bridgehead atoms. The standard InChI is InChI=1S/C43H45N7O6S/c44-32(19-26-11-3-1-4-12-26)39(51)47-36(21-28-23-45-33-17-9-7-15-30(28)33)41(53)48-35(20-27-13-5-2-6-14-27)40(52)49-37(42(54)50-38(25-57)43(55)56)22-29-24-46-34-18-10-8-16-31(29)34/h1-18,23-24,32,35-38,45-46,57H,19-22,25,44H2,(H,47,51)(H,48,53)(H,49,52)(H,50,54)(H,55,56)/t32-,35-,36-,37-,38-/m0/s1. The van der Waals surface area contributed by atoms with Gasteiger partial charge >= 0.3 is 5.97 Å². The number of rotatable bonds is 18. The zero-order valence-corrected chi connectivity index (χ0v) is 31.9. The maximum atomic E-state index is 14.4. The number of nitrogens with one attached hydrogen (secondary N) is 6. The van der Waals surface area contributed by atoms with Gasteiger partial charge in [0.2, 0.25) is 23.6 Å². The topological polar surface area (TPSA) is 211 Å². The lowest BCUT2D eigenvalue weighted by Gasteiger charge is -2.26. The molecule has 13 nitrogen and oxygen atoms in total. The first kappa shape index (κ1) is 40.3. The fourth-order valence-electron chi connectivity index (χ4n) is 6.76. The average molecular weight is 788 g/mol. The molecule has 6 aromatic rings. The number of aromatic nitrogens is 2. The van der Waals surface area contributed by atoms with Gasteiger partial charge in [0.05, 0.1) is 6.04 Å². The molecule has 0 radical (unpaired) electrons. The van der Waals surface area contributed by atoms with E-state index in [1.165, 1.54) is 0 Å². The van der Waals surface area contributed by atoms with E-state index in [4.69, 9.17) is 5.73 Å². The molecule has 0 saturated carbocycles. The Hall–Kier alpha value is -6.38. The second-order valence-electron chi connectivity index (χ2n) is 13.9. The predicted molar refractivity (Wildman–Crippen MR) is 221 cm³/mol. The lowest BCUT2D eigenvalue weighted by atomic mass is 10.00. The van der Waals surface area contributed by atoms with Gasteiger partial charge in [-0.05, 0) is 40.8 Å². The van der Waals surface area contributed by atoms with Crippen molar-refractivity contribution in [2.24, 2.45) is 5.73 Å². The fourth-order valence-corrected chi connectivity index (χ4v) is 7.01. The van der Waals surface area contributed by atoms with Gasteiger partial charge in [0.25, 0.3) is 0 Å². The van der Waals surface area contributed by atoms with Crippen molar-refractivity contribution in [3.8, 4) is 0 Å². The Morgan fingerprint density at radius 2 is 0.912 bits per heavy atom. The molecular weight excluding hydrogens is 743 g/mol. The molecule has 0 spiro atoms. The van der Waals surface area contributed by atoms with Crippen LogP contribution in [0.2, 0.25) is 0 Å². The van der Waals surface area contributed by atoms with Crippen LogP contribution in [-0.2, 0) is 49.7 Å². The van der Waals surface area contributed by atoms with Gasteiger partial charge < -0.3 is 42.1 Å². The molecule has 0 aliphatic rings. The first-order valence-electron chi connectivity index (χ1n) is 18.6. The third kappa shape index (κ3) is 10.5. The maximum absolute atomic E-state index is 14.4. The molecule has 4 aromatic carbocycles. The number of nitrogens with two attached hydrogens (primary N) is 1. The number of fused-ring (bicyclic) bond motifs is 2. The number of carboxylic acids is 1. The Morgan fingerprint density at radius 3 is 1.37 bits per heavy atom. The van der Waals surface area contributed by atoms with E-state index in [0.29, 0.717) is 5.56 Å². The second-order valence-corrected chi connectivity index (χ2v) is 14.2. The van der Waals surface area contributed by atoms with Gasteiger partial charge in [-0.15, -0.1) is 0 Å². The fraction of sp³-hybridized carbons (Fsp3) is 0.233. The number of H-pyrrole nitrogens is 2. The number of carbonyl (C=O) groups excluding carboxylic acids is 4. The molecule has 57 heavy (non-hydrogen) atoms. The van der Waals surface area contributed by atoms with E-state index in [2.05, 4.69) is 43.9 Å². The Bertz CT molecular complexity index is 2330. The van der Waals surface area contributed by atoms with Crippen molar-refractivity contribution in [2.75, 3.05) is 5.75 Å². The highest BCUT2D eigenvalue weighted by molar-refractivity contribution is 7.80. The number of carboxylic acid groups (broad SMARTS) is 1. The van der Waals surface area contributed by atoms with Gasteiger partial charge in [0.15, 0.2) is 0 Å². The summed E-state index contributed by atoms with van der Waals surface area (Å²) in [7, 11) is 0. The summed E-state index contributed by atoms with van der Waals surface area (Å²) in [6.45, 7) is 0. The minimum absolute atomic E-state index is 0.00501. The van der Waals surface area contributed by atoms with E-state index in [0.717, 1.165) is 38.5 Å². The molecular formula is C43H45N7O6S. The van der Waals surface area contributed by atoms with E-state index in [9.17, 15) is 29.1 Å². The quantitative estimate of drug-likeness (QED) is 0.0594. The number of amides is 4. The Morgan fingerprint density at radius 1 is 0.526 bits per heavy atom. The minimum atomic E-state index is -1.31. The highest BCUT2D eigenvalue weighted by Crippen LogP contribution is 2.21. The van der Waals surface area contributed by atoms with E-state index in [1.54, 1.807) is 36.7 Å². The van der Waals surface area contributed by atoms with Crippen LogP contribution in [0.15, 0.2) is 122 Å². The summed E-state index contributed by atoms with van der Waals surface area (Å²) < 4.78 is 0. The van der Waals surface area contributed by atoms with Gasteiger partial charge in [-0.2, -0.15) is 12.6 Å². The number of carbonyl (C=O) groups is 5. The Kier molecular flexibility index (Phi) is 13.4. The highest BCUT2D eigenvalue weighted by atomic mass is 32.1. The lowest BCUT2D eigenvalue weighted by molar-refractivity contribution is -0.141. The molecule has 4 amide bonds. The predicted octanol–water partition coefficient (Wildman–Crippen LogP) is 3.20. The zero-order chi connectivity index (χ0) is 40.3. The molecule has 0 fully saturated rings. The molecule has 0 aliphatic carbocycles. The summed E-state index contributed by atoms with van der Waals surface area (Å²) in [4.78, 5) is 74.3. The number of benzene rings is 4. The molecule has 0 saturated heterocycles. The molecule has 14 heteroatoms. The van der Waals surface area contributed by atoms with Crippen molar-refractivity contribution in [2.45, 2.75) is 55.9 Å². The van der Waals surface area contributed by atoms with Crippen molar-refractivity contribution in [1.29, 1.82) is 0 Å². The van der Waals surface area contributed by atoms with Crippen LogP contribution in [0.3, 0.4) is 0 Å². The summed E-state index contributed by atoms with van der Waals surface area (Å²) in [5.74, 6) is -4.08. The van der Waals surface area contributed by atoms with Crippen LogP contribution in [-0.4, -0.2) is 80.6 Å². The summed E-state index contributed by atoms with van der Waals surface area (Å²) >= 11 is 4.09. The van der Waals surface area contributed by atoms with Crippen LogP contribution in [0.4, 0.5) is 0 Å². The summed E-state index contributed by atoms with van der Waals surface area (Å²) in [6, 6.07) is 27.5. The third-order valence-corrected chi connectivity index (χ3v) is 10.2. The summed E-state index contributed by atoms with van der Waals surface area (Å²) in [5, 5.41) is 22.3. The molecule has 0 aliphatic heterocycles. The zero-order valence-electron chi connectivity index (χ0n) is 31.0. The molecule has 294 valence electrons. The minimum Gasteiger partial charge on any atom is -0.480 e. The van der Waals surface area contributed by atoms with Gasteiger partial charge in [0.1, 0.15) is 24.2 Å². The van der Waals surface area contributed by atoms with Crippen LogP contribution in [0, 0.1) is 0 Å². The summed E-state index contributed by atoms with van der Waals surface area (Å²) in [5.41, 5.74) is 11.1. The smallest absolute Gasteiger partial charge is 0.327 e. The first-order valence-corrected chi connectivity index (χ1v) is 19.2. The third-order valence-electron chi connectivity index (χ3n) is 9.81. The average Bonchev–Trinajstić information content (AvgIpc) is 3.83. The van der Waals surface area contributed by atoms with Crippen LogP contribution in [0.25, 0.3) is 21.8 Å². The number of hydrogen-bond acceptors (Lipinski definition) is 7. The van der Waals surface area contributed by atoms with E-state index in [1.807, 2.05) is 84.9 Å². The largest absolute Gasteiger partial charge is 0.480 e. The van der Waals surface area contributed by atoms with Crippen molar-refractivity contribution in [1.82, 2.24) is 31.2 Å². The molecule has 6 rings (SSSR count). The van der Waals surface area contributed by atoms with Crippen LogP contribution in [0.5, 0.6) is 0 Å². The Labute approximate surface area is 334 Å². The number of thiol groups is 1. The monoisotopic (exact) mass is 787 g/mol. The van der Waals surface area contributed by atoms with E-state index >= 15 is 0 Å². The Balaban J connectivity index is 1.28. The van der Waals surface area contributed by atoms with Crippen LogP contribution in [0.1, 0.15) is 22.3 Å². The highest BCUT2D eigenvalue weighted by Gasteiger charge is 2.33. The van der Waals surface area contributed by atoms with Gasteiger partial charge in [0, 0.05) is 59.2 Å². The molecule has 9 N–H and O–H groups in total. The van der Waals surface area contributed by atoms with Gasteiger partial charge in [-0.25, -0.2) is 4.79 Å². The SMILES string of the molecule is N[C@@H](Cc1ccccc1)C(=O)N[C@@H](Cc1c[nH]c2ccccc12)C(=O)N[C@@H](Cc1ccccc1)C(=O)N[C@@H](Cc1c[nH]c2ccccc12)C(=O)N[C@@H](CS)C(=O)O. The van der Waals surface area contributed by atoms with E-state index in [-0.39, 0.29) is 31.4 Å². The van der Waals surface area contributed by atoms with Crippen molar-refractivity contribution in [3.05, 3.63) is 144 Å². The van der Waals surface area contributed by atoms with Crippen molar-refractivity contribution < 1.29 is 29.1 Å². The van der Waals surface area contributed by atoms with E-state index < -0.39 is 59.8 Å². The summed E-state index contributed by atoms with van der Waals surface area (Å²) in [6.07, 6.45) is 3.86. The number of hydrogen-bond donors (Lipinski definition) is 9. The number of para-hydroxylation sites is 2. The number of aromatic amines is 2. The number of aliphatic carboxylic acids is 1. The van der Waals surface area contributed by atoms with Crippen molar-refractivity contribution >= 4 is 64.0 Å². The van der Waals surface area contributed by atoms with Crippen LogP contribution >= 0.6 is 12.6 Å². The van der Waals surface area contributed by atoms with Crippen molar-refractivity contribution in [3.63, 3.8) is 0 Å².